The smallest absolute Gasteiger partial charge is 0.138 e. The summed E-state index contributed by atoms with van der Waals surface area (Å²) in [6.45, 7) is 1.14. The summed E-state index contributed by atoms with van der Waals surface area (Å²) in [6.07, 6.45) is 1.56. The fourth-order valence-electron chi connectivity index (χ4n) is 1.38. The molecule has 1 N–H and O–H groups in total. The molecule has 0 aliphatic rings. The lowest BCUT2D eigenvalue weighted by Crippen LogP contribution is -2.19. The van der Waals surface area contributed by atoms with Crippen LogP contribution in [0.15, 0.2) is 17.8 Å². The Morgan fingerprint density at radius 1 is 1.56 bits per heavy atom. The molecule has 0 bridgehead atoms. The summed E-state index contributed by atoms with van der Waals surface area (Å²) < 4.78 is 4.96. The second kappa shape index (κ2) is 5.43. The van der Waals surface area contributed by atoms with Gasteiger partial charge in [0.2, 0.25) is 0 Å². The first-order chi connectivity index (χ1) is 7.81. The van der Waals surface area contributed by atoms with Gasteiger partial charge < -0.3 is 10.1 Å². The van der Waals surface area contributed by atoms with Gasteiger partial charge in [-0.2, -0.15) is 0 Å². The Labute approximate surface area is 103 Å². The third-order valence-electron chi connectivity index (χ3n) is 2.10. The number of aromatic nitrogens is 2. The third kappa shape index (κ3) is 2.61. The quantitative estimate of drug-likeness (QED) is 0.836. The monoisotopic (exact) mass is 257 g/mol. The standard InChI is InChI=1S/C10H12ClN3OS/c1-15-5-7(11)4-12-9-8-2-3-16-10(8)14-6-13-9/h2-3,6-7H,4-5H2,1H3,(H,12,13,14). The van der Waals surface area contributed by atoms with Crippen molar-refractivity contribution in [3.8, 4) is 0 Å². The van der Waals surface area contributed by atoms with Crippen LogP contribution in [-0.4, -0.2) is 35.6 Å². The van der Waals surface area contributed by atoms with Gasteiger partial charge in [-0.15, -0.1) is 22.9 Å². The van der Waals surface area contributed by atoms with Gasteiger partial charge in [-0.3, -0.25) is 0 Å². The lowest BCUT2D eigenvalue weighted by Gasteiger charge is -2.10. The topological polar surface area (TPSA) is 47.0 Å². The summed E-state index contributed by atoms with van der Waals surface area (Å²) in [7, 11) is 1.64. The number of ether oxygens (including phenoxy) is 1. The number of hydrogen-bond donors (Lipinski definition) is 1. The average molecular weight is 258 g/mol. The number of thiophene rings is 1. The number of rotatable bonds is 5. The number of nitrogens with one attached hydrogen (secondary N) is 1. The maximum Gasteiger partial charge on any atom is 0.138 e. The Kier molecular flexibility index (Phi) is 3.93. The first-order valence-electron chi connectivity index (χ1n) is 4.86. The summed E-state index contributed by atoms with van der Waals surface area (Å²) in [5.74, 6) is 0.827. The highest BCUT2D eigenvalue weighted by Gasteiger charge is 2.07. The van der Waals surface area contributed by atoms with Crippen LogP contribution in [0.2, 0.25) is 0 Å². The van der Waals surface area contributed by atoms with Crippen LogP contribution in [-0.2, 0) is 4.74 Å². The third-order valence-corrected chi connectivity index (χ3v) is 3.20. The highest BCUT2D eigenvalue weighted by atomic mass is 35.5. The predicted octanol–water partition coefficient (Wildman–Crippen LogP) is 2.36. The largest absolute Gasteiger partial charge is 0.383 e. The molecule has 0 radical (unpaired) electrons. The van der Waals surface area contributed by atoms with E-state index in [1.54, 1.807) is 24.8 Å². The number of halogens is 1. The van der Waals surface area contributed by atoms with E-state index in [0.29, 0.717) is 13.2 Å². The number of hydrogen-bond acceptors (Lipinski definition) is 5. The second-order valence-electron chi connectivity index (χ2n) is 3.30. The Balaban J connectivity index is 2.06. The number of alkyl halides is 1. The molecular weight excluding hydrogens is 246 g/mol. The van der Waals surface area contributed by atoms with E-state index in [-0.39, 0.29) is 5.38 Å². The molecule has 16 heavy (non-hydrogen) atoms. The maximum atomic E-state index is 6.03. The highest BCUT2D eigenvalue weighted by molar-refractivity contribution is 7.16. The molecular formula is C10H12ClN3OS. The Morgan fingerprint density at radius 3 is 3.25 bits per heavy atom. The first-order valence-corrected chi connectivity index (χ1v) is 6.18. The molecule has 0 aromatic carbocycles. The van der Waals surface area contributed by atoms with Gasteiger partial charge in [0.1, 0.15) is 17.0 Å². The molecule has 0 fully saturated rings. The van der Waals surface area contributed by atoms with Crippen molar-refractivity contribution < 1.29 is 4.74 Å². The van der Waals surface area contributed by atoms with Crippen LogP contribution in [0.1, 0.15) is 0 Å². The maximum absolute atomic E-state index is 6.03. The molecule has 86 valence electrons. The van der Waals surface area contributed by atoms with Crippen LogP contribution in [0.25, 0.3) is 10.2 Å². The van der Waals surface area contributed by atoms with E-state index < -0.39 is 0 Å². The summed E-state index contributed by atoms with van der Waals surface area (Å²) >= 11 is 7.62. The molecule has 1 unspecified atom stereocenters. The van der Waals surface area contributed by atoms with Crippen LogP contribution in [0, 0.1) is 0 Å². The normalized spacial score (nSPS) is 12.9. The van der Waals surface area contributed by atoms with E-state index in [2.05, 4.69) is 15.3 Å². The Morgan fingerprint density at radius 2 is 2.44 bits per heavy atom. The van der Waals surface area contributed by atoms with E-state index in [1.165, 1.54) is 0 Å². The van der Waals surface area contributed by atoms with Crippen molar-refractivity contribution in [3.05, 3.63) is 17.8 Å². The lowest BCUT2D eigenvalue weighted by atomic mass is 10.3. The molecule has 2 rings (SSSR count). The average Bonchev–Trinajstić information content (AvgIpc) is 2.75. The molecule has 0 aliphatic heterocycles. The molecule has 6 heteroatoms. The van der Waals surface area contributed by atoms with Crippen molar-refractivity contribution in [1.82, 2.24) is 9.97 Å². The van der Waals surface area contributed by atoms with Gasteiger partial charge in [0.15, 0.2) is 0 Å². The molecule has 0 saturated carbocycles. The fraction of sp³-hybridized carbons (Fsp3) is 0.400. The number of methoxy groups -OCH3 is 1. The lowest BCUT2D eigenvalue weighted by molar-refractivity contribution is 0.200. The molecule has 0 amide bonds. The zero-order chi connectivity index (χ0) is 11.4. The fourth-order valence-corrected chi connectivity index (χ4v) is 2.31. The minimum absolute atomic E-state index is 0.0614. The van der Waals surface area contributed by atoms with Crippen LogP contribution < -0.4 is 5.32 Å². The van der Waals surface area contributed by atoms with Gasteiger partial charge in [0.25, 0.3) is 0 Å². The van der Waals surface area contributed by atoms with E-state index in [9.17, 15) is 0 Å². The molecule has 1 atom stereocenters. The SMILES string of the molecule is COCC(Cl)CNc1ncnc2sccc12. The van der Waals surface area contributed by atoms with Gasteiger partial charge in [0.05, 0.1) is 17.4 Å². The molecule has 0 spiro atoms. The Bertz CT molecular complexity index is 462. The van der Waals surface area contributed by atoms with Gasteiger partial charge in [-0.1, -0.05) is 0 Å². The van der Waals surface area contributed by atoms with Gasteiger partial charge in [0, 0.05) is 13.7 Å². The Hall–Kier alpha value is -0.910. The molecule has 0 saturated heterocycles. The second-order valence-corrected chi connectivity index (χ2v) is 4.81. The van der Waals surface area contributed by atoms with Crippen LogP contribution in [0.4, 0.5) is 5.82 Å². The highest BCUT2D eigenvalue weighted by Crippen LogP contribution is 2.23. The summed E-state index contributed by atoms with van der Waals surface area (Å²) in [5.41, 5.74) is 0. The molecule has 2 aromatic heterocycles. The minimum Gasteiger partial charge on any atom is -0.383 e. The van der Waals surface area contributed by atoms with Crippen LogP contribution >= 0.6 is 22.9 Å². The van der Waals surface area contributed by atoms with E-state index >= 15 is 0 Å². The zero-order valence-corrected chi connectivity index (χ0v) is 10.4. The van der Waals surface area contributed by atoms with Crippen LogP contribution in [0.3, 0.4) is 0 Å². The van der Waals surface area contributed by atoms with E-state index in [4.69, 9.17) is 16.3 Å². The minimum atomic E-state index is -0.0614. The zero-order valence-electron chi connectivity index (χ0n) is 8.81. The molecule has 2 heterocycles. The molecule has 0 aliphatic carbocycles. The number of nitrogens with zero attached hydrogens (tertiary/aromatic N) is 2. The number of fused-ring (bicyclic) bond motifs is 1. The van der Waals surface area contributed by atoms with Crippen molar-refractivity contribution in [2.75, 3.05) is 25.6 Å². The molecule has 4 nitrogen and oxygen atoms in total. The molecule has 2 aromatic rings. The number of anilines is 1. The van der Waals surface area contributed by atoms with Crippen molar-refractivity contribution in [2.45, 2.75) is 5.38 Å². The van der Waals surface area contributed by atoms with Crippen LogP contribution in [0.5, 0.6) is 0 Å². The van der Waals surface area contributed by atoms with Gasteiger partial charge in [-0.05, 0) is 11.4 Å². The van der Waals surface area contributed by atoms with Crippen molar-refractivity contribution in [1.29, 1.82) is 0 Å². The van der Waals surface area contributed by atoms with Gasteiger partial charge >= 0.3 is 0 Å². The summed E-state index contributed by atoms with van der Waals surface area (Å²) in [6, 6.07) is 2.00. The van der Waals surface area contributed by atoms with Crippen molar-refractivity contribution >= 4 is 39.0 Å². The van der Waals surface area contributed by atoms with E-state index in [0.717, 1.165) is 16.0 Å². The van der Waals surface area contributed by atoms with Crippen molar-refractivity contribution in [2.24, 2.45) is 0 Å². The van der Waals surface area contributed by atoms with Crippen molar-refractivity contribution in [3.63, 3.8) is 0 Å². The summed E-state index contributed by atoms with van der Waals surface area (Å²) in [5, 5.41) is 6.17. The first kappa shape index (κ1) is 11.6. The van der Waals surface area contributed by atoms with E-state index in [1.807, 2.05) is 11.4 Å². The van der Waals surface area contributed by atoms with Gasteiger partial charge in [-0.25, -0.2) is 9.97 Å². The predicted molar refractivity (Wildman–Crippen MR) is 67.4 cm³/mol. The summed E-state index contributed by atoms with van der Waals surface area (Å²) in [4.78, 5) is 9.35.